The van der Waals surface area contributed by atoms with Gasteiger partial charge in [-0.1, -0.05) is 90.0 Å². The molecule has 3 heterocycles. The molecule has 0 saturated heterocycles. The molecular formula is C39H32BN5O. The number of pyridine rings is 1. The van der Waals surface area contributed by atoms with Gasteiger partial charge in [0, 0.05) is 23.6 Å². The molecule has 7 aromatic rings. The molecule has 0 amide bonds. The van der Waals surface area contributed by atoms with E-state index in [1.807, 2.05) is 48.1 Å². The molecule has 0 aliphatic carbocycles. The molecule has 2 aromatic heterocycles. The van der Waals surface area contributed by atoms with Gasteiger partial charge in [0.15, 0.2) is 0 Å². The number of ether oxygens (including phenoxy) is 1. The lowest BCUT2D eigenvalue weighted by Crippen LogP contribution is -2.55. The zero-order valence-corrected chi connectivity index (χ0v) is 26.0. The highest BCUT2D eigenvalue weighted by Crippen LogP contribution is 2.45. The first-order valence-corrected chi connectivity index (χ1v) is 15.5. The molecule has 46 heavy (non-hydrogen) atoms. The molecule has 0 saturated carbocycles. The van der Waals surface area contributed by atoms with Crippen LogP contribution in [-0.2, 0) is 7.05 Å². The summed E-state index contributed by atoms with van der Waals surface area (Å²) in [5.74, 6) is 2.40. The SMILES string of the molecule is Cc1cccc(C)c1B1N(c2ccccc2)c2cccnc2N1c1cccc(Oc2cccc(-n3[c-][n+](C)c4ccccc43)c2)c1. The van der Waals surface area contributed by atoms with E-state index >= 15 is 0 Å². The number of anilines is 4. The molecule has 7 heteroatoms. The summed E-state index contributed by atoms with van der Waals surface area (Å²) in [6.07, 6.45) is 5.29. The highest BCUT2D eigenvalue weighted by atomic mass is 16.5. The third-order valence-corrected chi connectivity index (χ3v) is 8.72. The summed E-state index contributed by atoms with van der Waals surface area (Å²) >= 11 is 0. The summed E-state index contributed by atoms with van der Waals surface area (Å²) in [6, 6.07) is 46.0. The Bertz CT molecular complexity index is 2190. The van der Waals surface area contributed by atoms with Crippen LogP contribution in [0.2, 0.25) is 0 Å². The van der Waals surface area contributed by atoms with Crippen molar-refractivity contribution in [3.05, 3.63) is 157 Å². The van der Waals surface area contributed by atoms with Crippen LogP contribution in [0, 0.1) is 20.2 Å². The predicted octanol–water partition coefficient (Wildman–Crippen LogP) is 7.74. The number of imidazole rings is 1. The summed E-state index contributed by atoms with van der Waals surface area (Å²) in [6.45, 7) is 4.24. The van der Waals surface area contributed by atoms with Gasteiger partial charge in [-0.05, 0) is 67.8 Å². The number of aromatic nitrogens is 3. The lowest BCUT2D eigenvalue weighted by molar-refractivity contribution is -0.649. The van der Waals surface area contributed by atoms with Crippen LogP contribution in [0.5, 0.6) is 11.5 Å². The largest absolute Gasteiger partial charge is 0.458 e. The average molecular weight is 598 g/mol. The minimum Gasteiger partial charge on any atom is -0.458 e. The Morgan fingerprint density at radius 2 is 1.30 bits per heavy atom. The van der Waals surface area contributed by atoms with E-state index in [0.717, 1.165) is 51.1 Å². The molecule has 0 atom stereocenters. The van der Waals surface area contributed by atoms with Gasteiger partial charge in [-0.15, -0.1) is 0 Å². The number of nitrogens with zero attached hydrogens (tertiary/aromatic N) is 5. The number of fused-ring (bicyclic) bond motifs is 2. The van der Waals surface area contributed by atoms with E-state index in [1.165, 1.54) is 16.6 Å². The zero-order valence-electron chi connectivity index (χ0n) is 26.0. The Morgan fingerprint density at radius 1 is 0.652 bits per heavy atom. The summed E-state index contributed by atoms with van der Waals surface area (Å²) in [7, 11) is 2.01. The Morgan fingerprint density at radius 3 is 2.09 bits per heavy atom. The van der Waals surface area contributed by atoms with Gasteiger partial charge in [0.2, 0.25) is 6.33 Å². The summed E-state index contributed by atoms with van der Waals surface area (Å²) in [5.41, 5.74) is 10.1. The van der Waals surface area contributed by atoms with Gasteiger partial charge in [-0.25, -0.2) is 4.98 Å². The fourth-order valence-corrected chi connectivity index (χ4v) is 6.66. The molecule has 0 N–H and O–H groups in total. The van der Waals surface area contributed by atoms with E-state index in [2.05, 4.69) is 137 Å². The Labute approximate surface area is 269 Å². The third-order valence-electron chi connectivity index (χ3n) is 8.72. The quantitative estimate of drug-likeness (QED) is 0.112. The average Bonchev–Trinajstić information content (AvgIpc) is 3.60. The minimum absolute atomic E-state index is 0.148. The molecule has 0 bridgehead atoms. The van der Waals surface area contributed by atoms with Crippen LogP contribution >= 0.6 is 0 Å². The molecular weight excluding hydrogens is 565 g/mol. The van der Waals surface area contributed by atoms with Crippen LogP contribution in [0.15, 0.2) is 140 Å². The fraction of sp³-hybridized carbons (Fsp3) is 0.0769. The van der Waals surface area contributed by atoms with Crippen LogP contribution in [0.3, 0.4) is 0 Å². The molecule has 1 aliphatic rings. The molecule has 0 fully saturated rings. The second-order valence-electron chi connectivity index (χ2n) is 11.7. The van der Waals surface area contributed by atoms with Crippen LogP contribution < -0.4 is 24.4 Å². The maximum absolute atomic E-state index is 6.55. The Kier molecular flexibility index (Phi) is 6.79. The summed E-state index contributed by atoms with van der Waals surface area (Å²) < 4.78 is 10.6. The number of benzene rings is 5. The standard InChI is InChI=1S/C39H32BN5O/c1-28-13-9-14-29(2)38(28)40-44(30-15-5-4-6-16-30)37-23-12-24-41-39(37)45(40)32-18-11-20-34(26-32)46-33-19-10-17-31(25-33)43-27-42(3)35-21-7-8-22-36(35)43/h4-26H,1-3H3. The van der Waals surface area contributed by atoms with Gasteiger partial charge < -0.3 is 23.5 Å². The highest BCUT2D eigenvalue weighted by molar-refractivity contribution is 6.85. The number of hydrogen-bond acceptors (Lipinski definition) is 4. The number of aryl methyl sites for hydroxylation is 3. The maximum Gasteiger partial charge on any atom is 0.422 e. The first kappa shape index (κ1) is 27.7. The molecule has 0 spiro atoms. The van der Waals surface area contributed by atoms with E-state index < -0.39 is 0 Å². The maximum atomic E-state index is 6.55. The number of hydrogen-bond donors (Lipinski definition) is 0. The highest BCUT2D eigenvalue weighted by Gasteiger charge is 2.45. The van der Waals surface area contributed by atoms with Crippen molar-refractivity contribution < 1.29 is 9.30 Å². The molecule has 1 aliphatic heterocycles. The Balaban J connectivity index is 1.21. The summed E-state index contributed by atoms with van der Waals surface area (Å²) in [4.78, 5) is 9.68. The van der Waals surface area contributed by atoms with Crippen molar-refractivity contribution >= 4 is 46.4 Å². The van der Waals surface area contributed by atoms with Gasteiger partial charge >= 0.3 is 6.98 Å². The lowest BCUT2D eigenvalue weighted by Gasteiger charge is -2.31. The number of rotatable bonds is 6. The zero-order chi connectivity index (χ0) is 31.2. The van der Waals surface area contributed by atoms with Crippen molar-refractivity contribution in [1.82, 2.24) is 9.55 Å². The van der Waals surface area contributed by atoms with Gasteiger partial charge in [0.1, 0.15) is 17.3 Å². The molecule has 0 radical (unpaired) electrons. The van der Waals surface area contributed by atoms with Crippen molar-refractivity contribution in [2.75, 3.05) is 9.62 Å². The monoisotopic (exact) mass is 597 g/mol. The normalized spacial score (nSPS) is 12.5. The summed E-state index contributed by atoms with van der Waals surface area (Å²) in [5, 5.41) is 0. The van der Waals surface area contributed by atoms with Crippen LogP contribution in [0.4, 0.5) is 22.9 Å². The lowest BCUT2D eigenvalue weighted by atomic mass is 9.61. The molecule has 0 unspecified atom stereocenters. The van der Waals surface area contributed by atoms with E-state index in [4.69, 9.17) is 9.72 Å². The second kappa shape index (κ2) is 11.3. The van der Waals surface area contributed by atoms with Gasteiger partial charge in [0.25, 0.3) is 0 Å². The van der Waals surface area contributed by atoms with Gasteiger partial charge in [0.05, 0.1) is 29.5 Å². The first-order chi connectivity index (χ1) is 22.6. The molecule has 6 nitrogen and oxygen atoms in total. The van der Waals surface area contributed by atoms with Gasteiger partial charge in [-0.3, -0.25) is 0 Å². The Hall–Kier alpha value is -5.82. The van der Waals surface area contributed by atoms with Crippen molar-refractivity contribution in [2.24, 2.45) is 7.05 Å². The molecule has 5 aromatic carbocycles. The van der Waals surface area contributed by atoms with E-state index in [-0.39, 0.29) is 6.98 Å². The molecule has 222 valence electrons. The van der Waals surface area contributed by atoms with E-state index in [0.29, 0.717) is 0 Å². The van der Waals surface area contributed by atoms with Crippen LogP contribution in [0.25, 0.3) is 16.7 Å². The second-order valence-corrected chi connectivity index (χ2v) is 11.7. The molecule has 8 rings (SSSR count). The van der Waals surface area contributed by atoms with Crippen molar-refractivity contribution in [2.45, 2.75) is 13.8 Å². The topological polar surface area (TPSA) is 37.4 Å². The van der Waals surface area contributed by atoms with Crippen LogP contribution in [-0.4, -0.2) is 16.5 Å². The van der Waals surface area contributed by atoms with Crippen molar-refractivity contribution in [3.8, 4) is 17.2 Å². The van der Waals surface area contributed by atoms with Crippen LogP contribution in [0.1, 0.15) is 11.1 Å². The number of para-hydroxylation sites is 3. The fourth-order valence-electron chi connectivity index (χ4n) is 6.66. The van der Waals surface area contributed by atoms with Gasteiger partial charge in [-0.2, -0.15) is 0 Å². The first-order valence-electron chi connectivity index (χ1n) is 15.5. The smallest absolute Gasteiger partial charge is 0.422 e. The predicted molar refractivity (Wildman–Crippen MR) is 186 cm³/mol. The van der Waals surface area contributed by atoms with E-state index in [9.17, 15) is 0 Å². The third kappa shape index (κ3) is 4.68. The van der Waals surface area contributed by atoms with Crippen molar-refractivity contribution in [1.29, 1.82) is 0 Å². The minimum atomic E-state index is -0.148. The van der Waals surface area contributed by atoms with Crippen molar-refractivity contribution in [3.63, 3.8) is 0 Å². The van der Waals surface area contributed by atoms with E-state index in [1.54, 1.807) is 0 Å².